The van der Waals surface area contributed by atoms with Gasteiger partial charge in [-0.05, 0) is 43.3 Å². The Kier molecular flexibility index (Phi) is 6.37. The highest BCUT2D eigenvalue weighted by Crippen LogP contribution is 2.30. The second-order valence-electron chi connectivity index (χ2n) is 7.26. The average molecular weight is 457 g/mol. The third kappa shape index (κ3) is 4.36. The summed E-state index contributed by atoms with van der Waals surface area (Å²) >= 11 is 0. The normalized spacial score (nSPS) is 11.2. The van der Waals surface area contributed by atoms with Crippen molar-refractivity contribution in [3.63, 3.8) is 0 Å². The maximum absolute atomic E-state index is 12.4. The zero-order valence-electron chi connectivity index (χ0n) is 18.1. The molecule has 4 aromatic rings. The van der Waals surface area contributed by atoms with E-state index in [4.69, 9.17) is 4.55 Å². The van der Waals surface area contributed by atoms with Gasteiger partial charge in [-0.15, -0.1) is 0 Å². The van der Waals surface area contributed by atoms with Gasteiger partial charge in [-0.1, -0.05) is 18.2 Å². The summed E-state index contributed by atoms with van der Waals surface area (Å²) < 4.78 is 34.1. The Balaban J connectivity index is 0.000000182. The predicted octanol–water partition coefficient (Wildman–Crippen LogP) is 2.74. The lowest BCUT2D eigenvalue weighted by Crippen LogP contribution is -2.23. The molecule has 0 radical (unpaired) electrons. The van der Waals surface area contributed by atoms with Crippen molar-refractivity contribution in [3.05, 3.63) is 76.8 Å². The van der Waals surface area contributed by atoms with Crippen molar-refractivity contribution in [2.75, 3.05) is 19.0 Å². The predicted molar refractivity (Wildman–Crippen MR) is 123 cm³/mol. The molecule has 0 spiro atoms. The maximum Gasteiger partial charge on any atom is 0.298 e. The lowest BCUT2D eigenvalue weighted by atomic mass is 10.2. The Labute approximate surface area is 185 Å². The van der Waals surface area contributed by atoms with Crippen LogP contribution in [0.1, 0.15) is 5.69 Å². The molecule has 2 heterocycles. The molecule has 0 aliphatic carbocycles. The van der Waals surface area contributed by atoms with E-state index in [1.807, 2.05) is 68.0 Å². The van der Waals surface area contributed by atoms with Crippen molar-refractivity contribution in [2.45, 2.75) is 11.8 Å². The number of phenolic OH excluding ortho intramolecular Hbond substituents is 1. The number of rotatable bonds is 3. The van der Waals surface area contributed by atoms with Crippen LogP contribution in [0.2, 0.25) is 0 Å². The van der Waals surface area contributed by atoms with Crippen LogP contribution in [0, 0.1) is 6.92 Å². The highest BCUT2D eigenvalue weighted by atomic mass is 32.2. The van der Waals surface area contributed by atoms with E-state index in [2.05, 4.69) is 4.98 Å². The number of phenols is 1. The molecule has 2 N–H and O–H groups in total. The first-order valence-electron chi connectivity index (χ1n) is 9.59. The summed E-state index contributed by atoms with van der Waals surface area (Å²) in [6, 6.07) is 15.3. The Morgan fingerprint density at radius 2 is 1.66 bits per heavy atom. The zero-order valence-corrected chi connectivity index (χ0v) is 18.9. The van der Waals surface area contributed by atoms with Crippen LogP contribution in [0.4, 0.5) is 5.69 Å². The van der Waals surface area contributed by atoms with E-state index in [1.165, 1.54) is 18.3 Å². The number of aromatic nitrogens is 3. The van der Waals surface area contributed by atoms with Crippen molar-refractivity contribution in [1.82, 2.24) is 14.3 Å². The first kappa shape index (κ1) is 23.0. The van der Waals surface area contributed by atoms with Crippen molar-refractivity contribution >= 4 is 26.7 Å². The van der Waals surface area contributed by atoms with Gasteiger partial charge in [0.1, 0.15) is 16.3 Å². The summed E-state index contributed by atoms with van der Waals surface area (Å²) in [7, 11) is 1.27. The summed E-state index contributed by atoms with van der Waals surface area (Å²) in [4.78, 5) is 17.6. The molecule has 0 saturated heterocycles. The van der Waals surface area contributed by atoms with Gasteiger partial charge in [0, 0.05) is 32.7 Å². The zero-order chi connectivity index (χ0) is 23.6. The van der Waals surface area contributed by atoms with Gasteiger partial charge in [-0.25, -0.2) is 4.68 Å². The third-order valence-electron chi connectivity index (χ3n) is 4.97. The molecule has 168 valence electrons. The Morgan fingerprint density at radius 1 is 1.00 bits per heavy atom. The van der Waals surface area contributed by atoms with E-state index in [9.17, 15) is 18.3 Å². The smallest absolute Gasteiger partial charge is 0.298 e. The minimum Gasteiger partial charge on any atom is -0.506 e. The minimum absolute atomic E-state index is 0.0150. The Bertz CT molecular complexity index is 1420. The average Bonchev–Trinajstić information content (AvgIpc) is 2.97. The van der Waals surface area contributed by atoms with Crippen molar-refractivity contribution in [2.24, 2.45) is 7.05 Å². The first-order chi connectivity index (χ1) is 15.0. The molecule has 10 heteroatoms. The topological polar surface area (TPSA) is 118 Å². The molecule has 0 fully saturated rings. The Hall–Kier alpha value is -3.63. The first-order valence-corrected chi connectivity index (χ1v) is 11.0. The molecule has 2 aromatic heterocycles. The van der Waals surface area contributed by atoms with E-state index in [1.54, 1.807) is 10.7 Å². The molecular formula is C22H24N4O5S. The summed E-state index contributed by atoms with van der Waals surface area (Å²) in [5, 5.41) is 9.89. The third-order valence-corrected chi connectivity index (χ3v) is 5.85. The highest BCUT2D eigenvalue weighted by molar-refractivity contribution is 7.86. The molecule has 0 aliphatic heterocycles. The van der Waals surface area contributed by atoms with Crippen LogP contribution in [-0.4, -0.2) is 46.5 Å². The fraction of sp³-hybridized carbons (Fsp3) is 0.182. The monoisotopic (exact) mass is 456 g/mol. The van der Waals surface area contributed by atoms with Crippen LogP contribution < -0.4 is 10.5 Å². The Morgan fingerprint density at radius 3 is 2.22 bits per heavy atom. The van der Waals surface area contributed by atoms with Crippen LogP contribution in [0.5, 0.6) is 5.75 Å². The van der Waals surface area contributed by atoms with Gasteiger partial charge in [0.25, 0.3) is 15.7 Å². The quantitative estimate of drug-likeness (QED) is 0.455. The molecule has 0 amide bonds. The van der Waals surface area contributed by atoms with Crippen LogP contribution in [0.15, 0.2) is 70.5 Å². The van der Waals surface area contributed by atoms with E-state index in [-0.39, 0.29) is 10.9 Å². The number of benzene rings is 2. The highest BCUT2D eigenvalue weighted by Gasteiger charge is 2.18. The summed E-state index contributed by atoms with van der Waals surface area (Å²) in [6.45, 7) is 1.95. The van der Waals surface area contributed by atoms with E-state index in [0.717, 1.165) is 23.1 Å². The number of fused-ring (bicyclic) bond motifs is 1. The molecule has 32 heavy (non-hydrogen) atoms. The number of hydrogen-bond donors (Lipinski definition) is 2. The molecule has 9 nitrogen and oxygen atoms in total. The fourth-order valence-corrected chi connectivity index (χ4v) is 3.99. The second-order valence-corrected chi connectivity index (χ2v) is 8.65. The molecule has 0 atom stereocenters. The van der Waals surface area contributed by atoms with Gasteiger partial charge in [0.05, 0.1) is 16.9 Å². The van der Waals surface area contributed by atoms with Crippen LogP contribution in [0.3, 0.4) is 0 Å². The molecule has 0 saturated carbocycles. The summed E-state index contributed by atoms with van der Waals surface area (Å²) in [5.74, 6) is -0.483. The van der Waals surface area contributed by atoms with Crippen LogP contribution >= 0.6 is 0 Å². The molecule has 2 aromatic carbocycles. The lowest BCUT2D eigenvalue weighted by Gasteiger charge is -2.09. The lowest BCUT2D eigenvalue weighted by molar-refractivity contribution is 0.448. The number of nitrogens with zero attached hydrogens (tertiary/aromatic N) is 4. The van der Waals surface area contributed by atoms with Crippen LogP contribution in [-0.2, 0) is 17.2 Å². The van der Waals surface area contributed by atoms with Crippen molar-refractivity contribution in [1.29, 1.82) is 0 Å². The number of para-hydroxylation sites is 1. The summed E-state index contributed by atoms with van der Waals surface area (Å²) in [5.41, 5.74) is 3.06. The van der Waals surface area contributed by atoms with Gasteiger partial charge in [-0.3, -0.25) is 19.0 Å². The number of pyridine rings is 1. The number of anilines is 1. The largest absolute Gasteiger partial charge is 0.506 e. The van der Waals surface area contributed by atoms with E-state index < -0.39 is 20.8 Å². The van der Waals surface area contributed by atoms with Gasteiger partial charge >= 0.3 is 0 Å². The van der Waals surface area contributed by atoms with Gasteiger partial charge in [-0.2, -0.15) is 8.42 Å². The molecule has 4 rings (SSSR count). The van der Waals surface area contributed by atoms with Crippen molar-refractivity contribution in [3.8, 4) is 11.4 Å². The van der Waals surface area contributed by atoms with Gasteiger partial charge < -0.3 is 10.0 Å². The summed E-state index contributed by atoms with van der Waals surface area (Å²) in [6.07, 6.45) is 1.52. The maximum atomic E-state index is 12.4. The second kappa shape index (κ2) is 8.85. The molecule has 0 unspecified atom stereocenters. The minimum atomic E-state index is -4.40. The molecule has 0 bridgehead atoms. The standard InChI is InChI=1S/C13H17N3O.C9H7NO4S/c1-10-12(14(2)3)13(17)16(15(10)4)11-8-6-5-7-9-11;11-9-6-2-1-5-10-7(6)3-4-8(9)15(12,13)14/h5-9H,1-4H3;1-5,11H,(H,12,13,14). The molecule has 0 aliphatic rings. The van der Waals surface area contributed by atoms with Gasteiger partial charge in [0.15, 0.2) is 0 Å². The van der Waals surface area contributed by atoms with E-state index in [0.29, 0.717) is 5.52 Å². The SMILES string of the molecule is Cc1c(N(C)C)c(=O)n(-c2ccccc2)n1C.O=S(=O)(O)c1ccc2ncccc2c1O. The van der Waals surface area contributed by atoms with Gasteiger partial charge in [0.2, 0.25) is 0 Å². The fourth-order valence-electron chi connectivity index (χ4n) is 3.39. The van der Waals surface area contributed by atoms with Crippen molar-refractivity contribution < 1.29 is 18.1 Å². The number of hydrogen-bond acceptors (Lipinski definition) is 6. The molecular weight excluding hydrogens is 432 g/mol. The van der Waals surface area contributed by atoms with E-state index >= 15 is 0 Å². The van der Waals surface area contributed by atoms with Crippen LogP contribution in [0.25, 0.3) is 16.6 Å². The number of aromatic hydroxyl groups is 1.